The summed E-state index contributed by atoms with van der Waals surface area (Å²) in [6, 6.07) is 7.47. The van der Waals surface area contributed by atoms with E-state index in [0.717, 1.165) is 11.1 Å². The molecule has 0 spiro atoms. The molecule has 0 aromatic heterocycles. The second-order valence-corrected chi connectivity index (χ2v) is 6.05. The van der Waals surface area contributed by atoms with Crippen molar-refractivity contribution in [3.05, 3.63) is 35.4 Å². The van der Waals surface area contributed by atoms with E-state index in [4.69, 9.17) is 5.73 Å². The lowest BCUT2D eigenvalue weighted by atomic mass is 10.0. The summed E-state index contributed by atoms with van der Waals surface area (Å²) in [6.45, 7) is 1.77. The quantitative estimate of drug-likeness (QED) is 0.629. The summed E-state index contributed by atoms with van der Waals surface area (Å²) in [5.74, 6) is -0.311. The molecule has 4 nitrogen and oxygen atoms in total. The minimum atomic E-state index is -4.29. The molecule has 0 radical (unpaired) electrons. The van der Waals surface area contributed by atoms with Gasteiger partial charge < -0.3 is 15.5 Å². The van der Waals surface area contributed by atoms with Crippen molar-refractivity contribution in [2.45, 2.75) is 24.5 Å². The molecule has 1 aromatic rings. The molecule has 5 heteroatoms. The van der Waals surface area contributed by atoms with E-state index in [1.165, 1.54) is 0 Å². The van der Waals surface area contributed by atoms with Gasteiger partial charge in [-0.3, -0.25) is 4.57 Å². The van der Waals surface area contributed by atoms with Gasteiger partial charge in [0.15, 0.2) is 0 Å². The normalized spacial score (nSPS) is 30.3. The Morgan fingerprint density at radius 2 is 2.07 bits per heavy atom. The molecule has 0 saturated carbocycles. The van der Waals surface area contributed by atoms with Crippen LogP contribution >= 0.6 is 7.60 Å². The van der Waals surface area contributed by atoms with Gasteiger partial charge in [-0.15, -0.1) is 0 Å². The maximum atomic E-state index is 11.4. The smallest absolute Gasteiger partial charge is 0.323 e. The fourth-order valence-electron chi connectivity index (χ4n) is 2.20. The van der Waals surface area contributed by atoms with E-state index in [1.54, 1.807) is 6.92 Å². The second kappa shape index (κ2) is 3.16. The van der Waals surface area contributed by atoms with Gasteiger partial charge in [-0.2, -0.15) is 0 Å². The van der Waals surface area contributed by atoms with Crippen LogP contribution < -0.4 is 5.73 Å². The Kier molecular flexibility index (Phi) is 2.28. The largest absolute Gasteiger partial charge is 0.346 e. The zero-order valence-corrected chi connectivity index (χ0v) is 9.32. The molecule has 82 valence electrons. The van der Waals surface area contributed by atoms with Crippen LogP contribution in [0.25, 0.3) is 0 Å². The molecule has 15 heavy (non-hydrogen) atoms. The monoisotopic (exact) mass is 227 g/mol. The number of fused-ring (bicyclic) bond motifs is 1. The molecule has 1 aromatic carbocycles. The Morgan fingerprint density at radius 1 is 1.47 bits per heavy atom. The predicted molar refractivity (Wildman–Crippen MR) is 57.5 cm³/mol. The average molecular weight is 227 g/mol. The lowest BCUT2D eigenvalue weighted by molar-refractivity contribution is 0.314. The zero-order chi connectivity index (χ0) is 11.3. The molecule has 2 rings (SSSR count). The van der Waals surface area contributed by atoms with Gasteiger partial charge in [0.2, 0.25) is 0 Å². The lowest BCUT2D eigenvalue weighted by Gasteiger charge is -2.29. The molecule has 1 aliphatic carbocycles. The molecule has 0 aliphatic heterocycles. The Bertz CT molecular complexity index is 442. The third kappa shape index (κ3) is 1.45. The lowest BCUT2D eigenvalue weighted by Crippen LogP contribution is -2.42. The fraction of sp³-hybridized carbons (Fsp3) is 0.400. The van der Waals surface area contributed by atoms with Crippen molar-refractivity contribution in [1.82, 2.24) is 0 Å². The van der Waals surface area contributed by atoms with Gasteiger partial charge in [-0.1, -0.05) is 31.2 Å². The van der Waals surface area contributed by atoms with Crippen LogP contribution in [0.1, 0.15) is 24.0 Å². The molecular weight excluding hydrogens is 213 g/mol. The Hall–Kier alpha value is -0.670. The summed E-state index contributed by atoms with van der Waals surface area (Å²) in [5.41, 5.74) is 7.75. The van der Waals surface area contributed by atoms with Crippen LogP contribution in [0.5, 0.6) is 0 Å². The summed E-state index contributed by atoms with van der Waals surface area (Å²) in [6.07, 6.45) is 0.245. The Balaban J connectivity index is 2.51. The Morgan fingerprint density at radius 3 is 2.60 bits per heavy atom. The zero-order valence-electron chi connectivity index (χ0n) is 8.42. The van der Waals surface area contributed by atoms with Crippen molar-refractivity contribution in [2.75, 3.05) is 0 Å². The first kappa shape index (κ1) is 10.8. The van der Waals surface area contributed by atoms with Crippen LogP contribution in [0.3, 0.4) is 0 Å². The molecule has 0 bridgehead atoms. The van der Waals surface area contributed by atoms with E-state index in [9.17, 15) is 14.4 Å². The topological polar surface area (TPSA) is 83.6 Å². The third-order valence-corrected chi connectivity index (χ3v) is 4.92. The van der Waals surface area contributed by atoms with Crippen LogP contribution in [0, 0.1) is 0 Å². The van der Waals surface area contributed by atoms with E-state index < -0.39 is 12.9 Å². The van der Waals surface area contributed by atoms with Crippen LogP contribution in [-0.4, -0.2) is 15.1 Å². The van der Waals surface area contributed by atoms with Gasteiger partial charge in [0.25, 0.3) is 0 Å². The molecule has 0 saturated heterocycles. The van der Waals surface area contributed by atoms with Gasteiger partial charge in [-0.25, -0.2) is 0 Å². The first-order chi connectivity index (χ1) is 6.86. The summed E-state index contributed by atoms with van der Waals surface area (Å²) in [4.78, 5) is 18.6. The highest BCUT2D eigenvalue weighted by atomic mass is 31.2. The molecule has 0 fully saturated rings. The fourth-order valence-corrected chi connectivity index (χ4v) is 3.22. The van der Waals surface area contributed by atoms with Crippen molar-refractivity contribution in [1.29, 1.82) is 0 Å². The van der Waals surface area contributed by atoms with Crippen LogP contribution in [0.15, 0.2) is 24.3 Å². The van der Waals surface area contributed by atoms with Gasteiger partial charge >= 0.3 is 7.60 Å². The van der Waals surface area contributed by atoms with Crippen molar-refractivity contribution >= 4 is 7.60 Å². The first-order valence-corrected chi connectivity index (χ1v) is 6.40. The number of nitrogens with two attached hydrogens (primary N) is 1. The van der Waals surface area contributed by atoms with Crippen LogP contribution in [-0.2, 0) is 11.0 Å². The van der Waals surface area contributed by atoms with E-state index in [-0.39, 0.29) is 12.3 Å². The Labute approximate surface area is 88.3 Å². The molecular formula is C10H14NO3P. The summed E-state index contributed by atoms with van der Waals surface area (Å²) in [5, 5.41) is -1.43. The molecule has 4 N–H and O–H groups in total. The highest BCUT2D eigenvalue weighted by molar-refractivity contribution is 7.53. The molecule has 0 heterocycles. The maximum absolute atomic E-state index is 11.4. The van der Waals surface area contributed by atoms with Crippen molar-refractivity contribution < 1.29 is 14.4 Å². The second-order valence-electron chi connectivity index (χ2n) is 4.13. The number of hydrogen-bond donors (Lipinski definition) is 3. The molecule has 2 atom stereocenters. The van der Waals surface area contributed by atoms with E-state index in [0.29, 0.717) is 0 Å². The molecule has 1 aliphatic rings. The van der Waals surface area contributed by atoms with Crippen molar-refractivity contribution in [3.63, 3.8) is 0 Å². The number of rotatable bonds is 1. The minimum absolute atomic E-state index is 0.245. The van der Waals surface area contributed by atoms with Gasteiger partial charge in [0.05, 0.1) is 0 Å². The van der Waals surface area contributed by atoms with Crippen molar-refractivity contribution in [3.8, 4) is 0 Å². The van der Waals surface area contributed by atoms with E-state index in [1.807, 2.05) is 24.3 Å². The summed E-state index contributed by atoms with van der Waals surface area (Å²) in [7, 11) is -4.29. The van der Waals surface area contributed by atoms with E-state index >= 15 is 0 Å². The highest BCUT2D eigenvalue weighted by Crippen LogP contribution is 2.59. The van der Waals surface area contributed by atoms with Crippen LogP contribution in [0.4, 0.5) is 0 Å². The van der Waals surface area contributed by atoms with E-state index in [2.05, 4.69) is 0 Å². The maximum Gasteiger partial charge on any atom is 0.346 e. The standard InChI is InChI=1S/C10H14NO3P/c1-7-9-5-3-2-4-8(9)6-10(7,11)15(12,13)14/h2-5,7H,6,11H2,1H3,(H2,12,13,14)/t7?,10-/m1/s1. The van der Waals surface area contributed by atoms with Gasteiger partial charge in [0, 0.05) is 12.3 Å². The molecule has 1 unspecified atom stereocenters. The van der Waals surface area contributed by atoms with Gasteiger partial charge in [0.1, 0.15) is 5.28 Å². The third-order valence-electron chi connectivity index (χ3n) is 3.29. The summed E-state index contributed by atoms with van der Waals surface area (Å²) < 4.78 is 11.4. The van der Waals surface area contributed by atoms with Gasteiger partial charge in [-0.05, 0) is 11.1 Å². The highest BCUT2D eigenvalue weighted by Gasteiger charge is 2.52. The first-order valence-electron chi connectivity index (χ1n) is 4.78. The SMILES string of the molecule is CC1c2ccccc2C[C@@]1(N)P(=O)(O)O. The molecule has 0 amide bonds. The predicted octanol–water partition coefficient (Wildman–Crippen LogP) is 1.18. The minimum Gasteiger partial charge on any atom is -0.323 e. The van der Waals surface area contributed by atoms with Crippen molar-refractivity contribution in [2.24, 2.45) is 5.73 Å². The van der Waals surface area contributed by atoms with Crippen LogP contribution in [0.2, 0.25) is 0 Å². The average Bonchev–Trinajstić information content (AvgIpc) is 2.40. The summed E-state index contributed by atoms with van der Waals surface area (Å²) >= 11 is 0. The number of hydrogen-bond acceptors (Lipinski definition) is 2. The number of benzene rings is 1.